The van der Waals surface area contributed by atoms with E-state index in [4.69, 9.17) is 0 Å². The van der Waals surface area contributed by atoms with Gasteiger partial charge in [-0.25, -0.2) is 0 Å². The molecule has 0 aliphatic rings. The zero-order valence-electron chi connectivity index (χ0n) is 20.4. The van der Waals surface area contributed by atoms with E-state index in [2.05, 4.69) is 33.6 Å². The van der Waals surface area contributed by atoms with Gasteiger partial charge in [0.2, 0.25) is 11.8 Å². The van der Waals surface area contributed by atoms with E-state index in [-0.39, 0.29) is 30.9 Å². The van der Waals surface area contributed by atoms with Gasteiger partial charge in [0.25, 0.3) is 0 Å². The van der Waals surface area contributed by atoms with Crippen molar-refractivity contribution in [2.75, 3.05) is 12.3 Å². The highest BCUT2D eigenvalue weighted by molar-refractivity contribution is 7.80. The summed E-state index contributed by atoms with van der Waals surface area (Å²) in [5.41, 5.74) is 2.29. The summed E-state index contributed by atoms with van der Waals surface area (Å²) in [6.07, 6.45) is 1.24. The summed E-state index contributed by atoms with van der Waals surface area (Å²) < 4.78 is 0. The molecule has 0 spiro atoms. The highest BCUT2D eigenvalue weighted by Gasteiger charge is 2.27. The van der Waals surface area contributed by atoms with Crippen LogP contribution >= 0.6 is 12.6 Å². The van der Waals surface area contributed by atoms with Gasteiger partial charge < -0.3 is 36.3 Å². The molecule has 3 unspecified atom stereocenters. The Kier molecular flexibility index (Phi) is 10.1. The second-order valence-corrected chi connectivity index (χ2v) is 9.18. The molecule has 0 radical (unpaired) electrons. The van der Waals surface area contributed by atoms with Crippen LogP contribution < -0.4 is 16.0 Å². The second-order valence-electron chi connectivity index (χ2n) is 8.81. The smallest absolute Gasteiger partial charge is 0.321 e. The van der Waals surface area contributed by atoms with Crippen LogP contribution in [0.1, 0.15) is 17.5 Å². The molecule has 0 saturated carbocycles. The van der Waals surface area contributed by atoms with E-state index in [1.807, 2.05) is 24.3 Å². The zero-order chi connectivity index (χ0) is 27.7. The molecule has 11 nitrogen and oxygen atoms in total. The van der Waals surface area contributed by atoms with E-state index >= 15 is 0 Å². The number of carboxylic acids is 2. The molecular formula is C26H30N4O7S. The Bertz CT molecular complexity index is 1280. The number of benzene rings is 2. The Morgan fingerprint density at radius 3 is 2.32 bits per heavy atom. The molecule has 3 atom stereocenters. The highest BCUT2D eigenvalue weighted by Crippen LogP contribution is 2.18. The topological polar surface area (TPSA) is 181 Å². The Labute approximate surface area is 224 Å². The predicted octanol–water partition coefficient (Wildman–Crippen LogP) is 1.08. The number of phenolic OH excluding ortho intramolecular Hbond substituents is 1. The van der Waals surface area contributed by atoms with Crippen LogP contribution in [-0.2, 0) is 32.0 Å². The van der Waals surface area contributed by atoms with Crippen molar-refractivity contribution in [3.05, 3.63) is 65.9 Å². The fourth-order valence-corrected chi connectivity index (χ4v) is 4.27. The predicted molar refractivity (Wildman–Crippen MR) is 143 cm³/mol. The van der Waals surface area contributed by atoms with Gasteiger partial charge >= 0.3 is 11.9 Å². The maximum absolute atomic E-state index is 13.1. The third kappa shape index (κ3) is 8.25. The van der Waals surface area contributed by atoms with Crippen molar-refractivity contribution in [3.63, 3.8) is 0 Å². The lowest BCUT2D eigenvalue weighted by Crippen LogP contribution is -2.54. The molecule has 0 bridgehead atoms. The third-order valence-electron chi connectivity index (χ3n) is 5.91. The lowest BCUT2D eigenvalue weighted by Gasteiger charge is -2.24. The summed E-state index contributed by atoms with van der Waals surface area (Å²) in [5, 5.41) is 37.1. The van der Waals surface area contributed by atoms with Crippen LogP contribution in [0.2, 0.25) is 0 Å². The minimum absolute atomic E-state index is 0.0146. The van der Waals surface area contributed by atoms with Crippen LogP contribution in [-0.4, -0.2) is 74.5 Å². The Morgan fingerprint density at radius 2 is 1.66 bits per heavy atom. The number of phenols is 1. The fraction of sp³-hybridized carbons (Fsp3) is 0.308. The molecule has 0 saturated heterocycles. The quantitative estimate of drug-likeness (QED) is 0.139. The average molecular weight is 543 g/mol. The number of nitrogens with one attached hydrogen (secondary N) is 4. The number of carbonyl (C=O) groups excluding carboxylic acids is 2. The molecule has 2 aromatic carbocycles. The summed E-state index contributed by atoms with van der Waals surface area (Å²) in [4.78, 5) is 51.8. The molecule has 7 N–H and O–H groups in total. The van der Waals surface area contributed by atoms with E-state index in [0.717, 1.165) is 16.5 Å². The first kappa shape index (κ1) is 28.5. The van der Waals surface area contributed by atoms with E-state index in [9.17, 15) is 34.5 Å². The minimum atomic E-state index is -1.35. The Morgan fingerprint density at radius 1 is 0.947 bits per heavy atom. The van der Waals surface area contributed by atoms with Crippen LogP contribution in [0.15, 0.2) is 54.7 Å². The van der Waals surface area contributed by atoms with E-state index in [1.54, 1.807) is 18.3 Å². The lowest BCUT2D eigenvalue weighted by atomic mass is 10.0. The molecule has 0 aliphatic heterocycles. The molecule has 0 fully saturated rings. The van der Waals surface area contributed by atoms with Crippen LogP contribution in [0.25, 0.3) is 10.9 Å². The summed E-state index contributed by atoms with van der Waals surface area (Å²) >= 11 is 4.03. The first-order chi connectivity index (χ1) is 18.2. The SMILES string of the molecule is O=C(O)CC(NC(=O)Cc1c[nH]c2ccccc12)C(=O)NC(CNC(CS)C(=O)O)Cc1ccc(O)cc1. The van der Waals surface area contributed by atoms with Gasteiger partial charge in [0, 0.05) is 35.4 Å². The molecule has 0 aliphatic carbocycles. The number of fused-ring (bicyclic) bond motifs is 1. The van der Waals surface area contributed by atoms with Gasteiger partial charge in [-0.1, -0.05) is 30.3 Å². The van der Waals surface area contributed by atoms with Gasteiger partial charge in [-0.05, 0) is 35.7 Å². The molecular weight excluding hydrogens is 512 g/mol. The van der Waals surface area contributed by atoms with Gasteiger partial charge in [-0.3, -0.25) is 19.2 Å². The monoisotopic (exact) mass is 542 g/mol. The second kappa shape index (κ2) is 13.5. The maximum Gasteiger partial charge on any atom is 0.321 e. The number of para-hydroxylation sites is 1. The van der Waals surface area contributed by atoms with Crippen molar-refractivity contribution < 1.29 is 34.5 Å². The summed E-state index contributed by atoms with van der Waals surface area (Å²) in [6.45, 7) is 0.0349. The van der Waals surface area contributed by atoms with Crippen molar-refractivity contribution in [3.8, 4) is 5.75 Å². The molecule has 3 aromatic rings. The van der Waals surface area contributed by atoms with Gasteiger partial charge in [0.15, 0.2) is 0 Å². The number of hydrogen-bond acceptors (Lipinski definition) is 7. The first-order valence-corrected chi connectivity index (χ1v) is 12.5. The molecule has 1 aromatic heterocycles. The van der Waals surface area contributed by atoms with Gasteiger partial charge in [-0.2, -0.15) is 12.6 Å². The lowest BCUT2D eigenvalue weighted by molar-refractivity contribution is -0.141. The van der Waals surface area contributed by atoms with Crippen LogP contribution in [0.5, 0.6) is 5.75 Å². The van der Waals surface area contributed by atoms with E-state index in [0.29, 0.717) is 5.56 Å². The normalized spacial score (nSPS) is 13.4. The molecule has 1 heterocycles. The summed E-state index contributed by atoms with van der Waals surface area (Å²) in [7, 11) is 0. The number of carbonyl (C=O) groups is 4. The standard InChI is InChI=1S/C26H30N4O7S/c31-18-7-5-15(6-8-18)9-17(13-28-22(14-38)26(36)37)29-25(35)21(11-24(33)34)30-23(32)10-16-12-27-20-4-2-1-3-19(16)20/h1-8,12,17,21-22,27-28,31,38H,9-11,13-14H2,(H,29,35)(H,30,32)(H,33,34)(H,36,37). The average Bonchev–Trinajstić information content (AvgIpc) is 3.27. The van der Waals surface area contributed by atoms with Crippen molar-refractivity contribution in [2.45, 2.75) is 37.4 Å². The van der Waals surface area contributed by atoms with E-state index in [1.165, 1.54) is 12.1 Å². The van der Waals surface area contributed by atoms with Crippen LogP contribution in [0.3, 0.4) is 0 Å². The molecule has 12 heteroatoms. The number of aliphatic carboxylic acids is 2. The number of H-pyrrole nitrogens is 1. The van der Waals surface area contributed by atoms with Crippen LogP contribution in [0, 0.1) is 0 Å². The number of rotatable bonds is 14. The van der Waals surface area contributed by atoms with Gasteiger partial charge in [-0.15, -0.1) is 0 Å². The Balaban J connectivity index is 1.72. The van der Waals surface area contributed by atoms with Crippen molar-refractivity contribution >= 4 is 47.3 Å². The first-order valence-electron chi connectivity index (χ1n) is 11.9. The van der Waals surface area contributed by atoms with Crippen molar-refractivity contribution in [1.82, 2.24) is 20.9 Å². The van der Waals surface area contributed by atoms with Gasteiger partial charge in [0.1, 0.15) is 17.8 Å². The third-order valence-corrected chi connectivity index (χ3v) is 6.28. The summed E-state index contributed by atoms with van der Waals surface area (Å²) in [6, 6.07) is 10.7. The molecule has 3 rings (SSSR count). The summed E-state index contributed by atoms with van der Waals surface area (Å²) in [5.74, 6) is -3.54. The molecule has 2 amide bonds. The highest BCUT2D eigenvalue weighted by atomic mass is 32.1. The van der Waals surface area contributed by atoms with Crippen LogP contribution in [0.4, 0.5) is 0 Å². The van der Waals surface area contributed by atoms with Crippen molar-refractivity contribution in [1.29, 1.82) is 0 Å². The number of carboxylic acid groups (broad SMARTS) is 2. The number of aromatic nitrogens is 1. The van der Waals surface area contributed by atoms with Gasteiger partial charge in [0.05, 0.1) is 12.8 Å². The Hall–Kier alpha value is -4.03. The fourth-order valence-electron chi connectivity index (χ4n) is 3.99. The minimum Gasteiger partial charge on any atom is -0.508 e. The van der Waals surface area contributed by atoms with E-state index < -0.39 is 48.3 Å². The maximum atomic E-state index is 13.1. The van der Waals surface area contributed by atoms with Crippen molar-refractivity contribution in [2.24, 2.45) is 0 Å². The zero-order valence-corrected chi connectivity index (χ0v) is 21.3. The number of aromatic hydroxyl groups is 1. The molecule has 38 heavy (non-hydrogen) atoms. The number of amides is 2. The molecule has 202 valence electrons. The number of thiol groups is 1. The largest absolute Gasteiger partial charge is 0.508 e. The number of hydrogen-bond donors (Lipinski definition) is 8. The number of aromatic amines is 1.